The zero-order valence-corrected chi connectivity index (χ0v) is 14.5. The highest BCUT2D eigenvalue weighted by Gasteiger charge is 2.05. The first-order valence-electron chi connectivity index (χ1n) is 6.65. The molecule has 1 atom stereocenters. The van der Waals surface area contributed by atoms with E-state index in [-0.39, 0.29) is 6.61 Å². The molecule has 0 radical (unpaired) electrons. The van der Waals surface area contributed by atoms with E-state index in [0.29, 0.717) is 17.3 Å². The van der Waals surface area contributed by atoms with Crippen molar-refractivity contribution < 1.29 is 9.84 Å². The Balaban J connectivity index is 1.60. The number of hydrogen-bond acceptors (Lipinski definition) is 4. The SMILES string of the molecule is OC(CNCCc1ccc(Br)s1)COc1cccc(Cl)c1. The highest BCUT2D eigenvalue weighted by Crippen LogP contribution is 2.22. The maximum Gasteiger partial charge on any atom is 0.120 e. The van der Waals surface area contributed by atoms with Crippen LogP contribution in [0.1, 0.15) is 4.88 Å². The number of aliphatic hydroxyl groups excluding tert-OH is 1. The molecule has 2 aromatic rings. The van der Waals surface area contributed by atoms with Gasteiger partial charge in [0.25, 0.3) is 0 Å². The lowest BCUT2D eigenvalue weighted by Crippen LogP contribution is -2.32. The molecule has 0 bridgehead atoms. The van der Waals surface area contributed by atoms with Crippen LogP contribution in [-0.2, 0) is 6.42 Å². The van der Waals surface area contributed by atoms with Crippen LogP contribution in [0.3, 0.4) is 0 Å². The summed E-state index contributed by atoms with van der Waals surface area (Å²) in [5.41, 5.74) is 0. The largest absolute Gasteiger partial charge is 0.491 e. The molecule has 0 aliphatic heterocycles. The van der Waals surface area contributed by atoms with E-state index in [0.717, 1.165) is 16.8 Å². The second kappa shape index (κ2) is 8.76. The van der Waals surface area contributed by atoms with Gasteiger partial charge in [-0.1, -0.05) is 17.7 Å². The molecule has 1 aromatic heterocycles. The van der Waals surface area contributed by atoms with Crippen molar-refractivity contribution in [1.29, 1.82) is 0 Å². The van der Waals surface area contributed by atoms with Crippen LogP contribution in [0.5, 0.6) is 5.75 Å². The number of halogens is 2. The molecule has 0 spiro atoms. The van der Waals surface area contributed by atoms with Gasteiger partial charge in [0, 0.05) is 23.0 Å². The van der Waals surface area contributed by atoms with Crippen LogP contribution < -0.4 is 10.1 Å². The molecule has 114 valence electrons. The Bertz CT molecular complexity index is 564. The van der Waals surface area contributed by atoms with Crippen LogP contribution in [0.15, 0.2) is 40.2 Å². The predicted octanol–water partition coefficient (Wildman–Crippen LogP) is 3.74. The van der Waals surface area contributed by atoms with Gasteiger partial charge in [-0.25, -0.2) is 0 Å². The van der Waals surface area contributed by atoms with E-state index >= 15 is 0 Å². The summed E-state index contributed by atoms with van der Waals surface area (Å²) >= 11 is 11.0. The normalized spacial score (nSPS) is 12.3. The molecule has 6 heteroatoms. The minimum atomic E-state index is -0.543. The predicted molar refractivity (Wildman–Crippen MR) is 91.5 cm³/mol. The number of thiophene rings is 1. The van der Waals surface area contributed by atoms with Crippen LogP contribution in [0, 0.1) is 0 Å². The molecule has 0 aliphatic carbocycles. The number of aliphatic hydroxyl groups is 1. The molecule has 0 amide bonds. The number of rotatable bonds is 8. The Labute approximate surface area is 142 Å². The average molecular weight is 391 g/mol. The van der Waals surface area contributed by atoms with E-state index in [2.05, 4.69) is 27.3 Å². The van der Waals surface area contributed by atoms with Crippen molar-refractivity contribution in [3.8, 4) is 5.75 Å². The first kappa shape index (κ1) is 16.8. The van der Waals surface area contributed by atoms with Gasteiger partial charge in [0.2, 0.25) is 0 Å². The van der Waals surface area contributed by atoms with Crippen LogP contribution in [0.2, 0.25) is 5.02 Å². The Kier molecular flexibility index (Phi) is 6.99. The molecule has 3 nitrogen and oxygen atoms in total. The van der Waals surface area contributed by atoms with Gasteiger partial charge in [-0.2, -0.15) is 0 Å². The van der Waals surface area contributed by atoms with Crippen LogP contribution in [0.25, 0.3) is 0 Å². The van der Waals surface area contributed by atoms with E-state index in [4.69, 9.17) is 16.3 Å². The van der Waals surface area contributed by atoms with Crippen molar-refractivity contribution in [3.63, 3.8) is 0 Å². The third-order valence-corrected chi connectivity index (χ3v) is 4.71. The summed E-state index contributed by atoms with van der Waals surface area (Å²) in [7, 11) is 0. The molecule has 0 saturated heterocycles. The standard InChI is InChI=1S/C15H17BrClNO2S/c16-15-5-4-14(21-15)6-7-18-9-12(19)10-20-13-3-1-2-11(17)8-13/h1-5,8,12,18-19H,6-7,9-10H2. The summed E-state index contributed by atoms with van der Waals surface area (Å²) in [5.74, 6) is 0.671. The lowest BCUT2D eigenvalue weighted by Gasteiger charge is -2.13. The van der Waals surface area contributed by atoms with E-state index in [1.54, 1.807) is 23.5 Å². The molecular weight excluding hydrogens is 374 g/mol. The van der Waals surface area contributed by atoms with Crippen LogP contribution in [-0.4, -0.2) is 30.9 Å². The number of ether oxygens (including phenoxy) is 1. The molecule has 2 rings (SSSR count). The van der Waals surface area contributed by atoms with Crippen molar-refractivity contribution in [3.05, 3.63) is 50.1 Å². The molecule has 2 N–H and O–H groups in total. The summed E-state index contributed by atoms with van der Waals surface area (Å²) in [4.78, 5) is 1.32. The zero-order chi connectivity index (χ0) is 15.1. The molecule has 0 fully saturated rings. The highest BCUT2D eigenvalue weighted by atomic mass is 79.9. The summed E-state index contributed by atoms with van der Waals surface area (Å²) in [6.45, 7) is 1.59. The fourth-order valence-corrected chi connectivity index (χ4v) is 3.44. The van der Waals surface area contributed by atoms with Gasteiger partial charge in [0.1, 0.15) is 18.5 Å². The minimum absolute atomic E-state index is 0.248. The molecule has 0 saturated carbocycles. The van der Waals surface area contributed by atoms with Gasteiger partial charge in [0.15, 0.2) is 0 Å². The van der Waals surface area contributed by atoms with Gasteiger partial charge in [-0.15, -0.1) is 11.3 Å². The number of hydrogen-bond donors (Lipinski definition) is 2. The van der Waals surface area contributed by atoms with Crippen molar-refractivity contribution in [2.75, 3.05) is 19.7 Å². The van der Waals surface area contributed by atoms with E-state index < -0.39 is 6.10 Å². The molecule has 1 heterocycles. The third kappa shape index (κ3) is 6.36. The maximum absolute atomic E-state index is 9.86. The van der Waals surface area contributed by atoms with Gasteiger partial charge < -0.3 is 15.2 Å². The molecular formula is C15H17BrClNO2S. The number of benzene rings is 1. The summed E-state index contributed by atoms with van der Waals surface area (Å²) in [6.07, 6.45) is 0.414. The van der Waals surface area contributed by atoms with Crippen molar-refractivity contribution in [2.24, 2.45) is 0 Å². The monoisotopic (exact) mass is 389 g/mol. The first-order chi connectivity index (χ1) is 10.1. The highest BCUT2D eigenvalue weighted by molar-refractivity contribution is 9.11. The Hall–Kier alpha value is -0.590. The third-order valence-electron chi connectivity index (χ3n) is 2.80. The van der Waals surface area contributed by atoms with E-state index in [1.807, 2.05) is 18.2 Å². The smallest absolute Gasteiger partial charge is 0.120 e. The molecule has 1 aromatic carbocycles. The van der Waals surface area contributed by atoms with Gasteiger partial charge in [-0.3, -0.25) is 0 Å². The minimum Gasteiger partial charge on any atom is -0.491 e. The molecule has 1 unspecified atom stereocenters. The zero-order valence-electron chi connectivity index (χ0n) is 11.4. The van der Waals surface area contributed by atoms with Gasteiger partial charge in [-0.05, 0) is 52.7 Å². The van der Waals surface area contributed by atoms with Crippen molar-refractivity contribution in [1.82, 2.24) is 5.32 Å². The summed E-state index contributed by atoms with van der Waals surface area (Å²) in [6, 6.07) is 11.3. The molecule has 21 heavy (non-hydrogen) atoms. The van der Waals surface area contributed by atoms with Gasteiger partial charge >= 0.3 is 0 Å². The molecule has 0 aliphatic rings. The lowest BCUT2D eigenvalue weighted by atomic mass is 10.3. The Morgan fingerprint density at radius 2 is 2.19 bits per heavy atom. The lowest BCUT2D eigenvalue weighted by molar-refractivity contribution is 0.106. The van der Waals surface area contributed by atoms with Crippen molar-refractivity contribution >= 4 is 38.9 Å². The second-order valence-electron chi connectivity index (χ2n) is 4.58. The quantitative estimate of drug-likeness (QED) is 0.675. The second-order valence-corrected chi connectivity index (χ2v) is 7.57. The van der Waals surface area contributed by atoms with Crippen LogP contribution >= 0.6 is 38.9 Å². The first-order valence-corrected chi connectivity index (χ1v) is 8.63. The van der Waals surface area contributed by atoms with E-state index in [1.165, 1.54) is 4.88 Å². The Morgan fingerprint density at radius 1 is 1.33 bits per heavy atom. The number of nitrogens with one attached hydrogen (secondary N) is 1. The van der Waals surface area contributed by atoms with Crippen molar-refractivity contribution in [2.45, 2.75) is 12.5 Å². The maximum atomic E-state index is 9.86. The average Bonchev–Trinajstić information content (AvgIpc) is 2.87. The van der Waals surface area contributed by atoms with E-state index in [9.17, 15) is 5.11 Å². The van der Waals surface area contributed by atoms with Gasteiger partial charge in [0.05, 0.1) is 3.79 Å². The fourth-order valence-electron chi connectivity index (χ4n) is 1.77. The summed E-state index contributed by atoms with van der Waals surface area (Å²) < 4.78 is 6.63. The van der Waals surface area contributed by atoms with Crippen LogP contribution in [0.4, 0.5) is 0 Å². The Morgan fingerprint density at radius 3 is 2.90 bits per heavy atom. The fraction of sp³-hybridized carbons (Fsp3) is 0.333. The summed E-state index contributed by atoms with van der Waals surface area (Å²) in [5, 5.41) is 13.7. The topological polar surface area (TPSA) is 41.5 Å².